The lowest BCUT2D eigenvalue weighted by molar-refractivity contribution is -0.153. The summed E-state index contributed by atoms with van der Waals surface area (Å²) in [5.41, 5.74) is 27.3. The Morgan fingerprint density at radius 3 is 1.32 bits per heavy atom. The molecule has 12 rings (SSSR count). The van der Waals surface area contributed by atoms with Crippen molar-refractivity contribution in [2.75, 3.05) is 164 Å². The number of anilines is 2. The second-order valence-electron chi connectivity index (χ2n) is 31.2. The molecule has 2 fully saturated rings. The lowest BCUT2D eigenvalue weighted by Crippen LogP contribution is -2.57. The minimum atomic E-state index is -1.18. The summed E-state index contributed by atoms with van der Waals surface area (Å²) in [4.78, 5) is 165. The molecule has 2 aliphatic rings. The van der Waals surface area contributed by atoms with Gasteiger partial charge < -0.3 is 89.0 Å². The van der Waals surface area contributed by atoms with Gasteiger partial charge in [-0.05, 0) is 176 Å². The van der Waals surface area contributed by atoms with Gasteiger partial charge in [-0.1, -0.05) is 29.4 Å². The minimum absolute atomic E-state index is 0.00507. The molecule has 0 spiro atoms. The molecule has 119 heavy (non-hydrogen) atoms. The summed E-state index contributed by atoms with van der Waals surface area (Å²) in [6, 6.07) is 35.5. The molecule has 4 atom stereocenters. The van der Waals surface area contributed by atoms with Crippen LogP contribution in [-0.4, -0.2) is 310 Å². The first-order valence-corrected chi connectivity index (χ1v) is 40.7. The van der Waals surface area contributed by atoms with E-state index in [0.29, 0.717) is 55.4 Å². The molecule has 8 amide bonds. The van der Waals surface area contributed by atoms with E-state index in [1.165, 1.54) is 89.7 Å². The first-order chi connectivity index (χ1) is 57.2. The molecular formula is C86H109N23O10. The number of azide groups is 1. The van der Waals surface area contributed by atoms with E-state index < -0.39 is 72.7 Å². The van der Waals surface area contributed by atoms with Crippen molar-refractivity contribution < 1.29 is 47.8 Å². The van der Waals surface area contributed by atoms with E-state index in [0.717, 1.165) is 130 Å². The van der Waals surface area contributed by atoms with Crippen LogP contribution < -0.4 is 25.0 Å². The van der Waals surface area contributed by atoms with Gasteiger partial charge in [0.05, 0.1) is 70.4 Å². The monoisotopic (exact) mass is 1620 g/mol. The number of nitrogens with zero attached hydrogens (tertiary/aromatic N) is 18. The summed E-state index contributed by atoms with van der Waals surface area (Å²) in [6.07, 6.45) is 1.98. The van der Waals surface area contributed by atoms with Crippen LogP contribution in [0.5, 0.6) is 11.5 Å². The second kappa shape index (κ2) is 39.1. The number of unbranched alkanes of at least 4 members (excludes halogenated alkanes) is 1. The van der Waals surface area contributed by atoms with E-state index in [2.05, 4.69) is 100 Å². The van der Waals surface area contributed by atoms with Crippen molar-refractivity contribution in [1.82, 2.24) is 84.0 Å². The molecule has 0 saturated carbocycles. The normalized spacial score (nSPS) is 14.3. The van der Waals surface area contributed by atoms with Gasteiger partial charge in [0.15, 0.2) is 0 Å². The number of fused-ring (bicyclic) bond motifs is 4. The van der Waals surface area contributed by atoms with Crippen LogP contribution in [0.4, 0.5) is 11.4 Å². The molecule has 628 valence electrons. The fraction of sp³-hybridized carbons (Fsp3) is 0.442. The number of likely N-dealkylation sites (N-methyl/N-ethyl adjacent to an activating group) is 6. The fourth-order valence-corrected chi connectivity index (χ4v) is 14.8. The molecular weight excluding hydrogens is 1520 g/mol. The van der Waals surface area contributed by atoms with Crippen molar-refractivity contribution in [3.05, 3.63) is 132 Å². The highest BCUT2D eigenvalue weighted by molar-refractivity contribution is 5.97. The van der Waals surface area contributed by atoms with Crippen molar-refractivity contribution in [1.29, 1.82) is 0 Å². The lowest BCUT2D eigenvalue weighted by Gasteiger charge is -2.36. The van der Waals surface area contributed by atoms with Gasteiger partial charge >= 0.3 is 0 Å². The zero-order valence-electron chi connectivity index (χ0n) is 69.8. The highest BCUT2D eigenvalue weighted by atomic mass is 16.5. The van der Waals surface area contributed by atoms with Crippen LogP contribution in [0.2, 0.25) is 0 Å². The zero-order valence-corrected chi connectivity index (χ0v) is 69.8. The number of H-pyrrole nitrogens is 4. The van der Waals surface area contributed by atoms with Crippen LogP contribution in [0.25, 0.3) is 100 Å². The largest absolute Gasteiger partial charge is 0.494 e. The van der Waals surface area contributed by atoms with Crippen LogP contribution in [0.1, 0.15) is 72.6 Å². The summed E-state index contributed by atoms with van der Waals surface area (Å²) >= 11 is 0. The first kappa shape index (κ1) is 85.8. The number of amides is 8. The summed E-state index contributed by atoms with van der Waals surface area (Å²) in [5.74, 6) is -0.144. The molecule has 0 bridgehead atoms. The van der Waals surface area contributed by atoms with Crippen molar-refractivity contribution in [2.45, 2.75) is 96.8 Å². The Morgan fingerprint density at radius 2 is 0.857 bits per heavy atom. The molecule has 2 aliphatic heterocycles. The summed E-state index contributed by atoms with van der Waals surface area (Å²) in [6.45, 7) is 13.9. The second-order valence-corrected chi connectivity index (χ2v) is 31.2. The Kier molecular flexibility index (Phi) is 28.2. The van der Waals surface area contributed by atoms with Crippen molar-refractivity contribution >= 4 is 103 Å². The Balaban J connectivity index is 0.582. The van der Waals surface area contributed by atoms with Gasteiger partial charge in [0.1, 0.15) is 59.0 Å². The number of ether oxygens (including phenoxy) is 2. The van der Waals surface area contributed by atoms with Crippen molar-refractivity contribution in [2.24, 2.45) is 10.8 Å². The van der Waals surface area contributed by atoms with Gasteiger partial charge in [0, 0.05) is 165 Å². The molecule has 6 aromatic carbocycles. The van der Waals surface area contributed by atoms with Crippen LogP contribution in [0.3, 0.4) is 0 Å². The maximum atomic E-state index is 14.6. The molecule has 6 N–H and O–H groups in total. The number of hydrogen-bond acceptors (Lipinski definition) is 19. The summed E-state index contributed by atoms with van der Waals surface area (Å²) in [7, 11) is 11.8. The molecule has 10 aromatic rings. The molecule has 6 heterocycles. The Hall–Kier alpha value is -12.6. The Morgan fingerprint density at radius 1 is 0.445 bits per heavy atom. The standard InChI is InChI=1S/C86H109N23O10/c1-55(102(8)77(112)24-17-46-119-66-22-15-20-60(48-66)80-91-68-30-26-62(50-72(68)95-80)82-93-70-32-28-64(52-74(70)97-82)107-43-39-100(6)40-44-107)83(114)103(9)56(2)84(115)104(10)57(3)85(116)105(11)58(4)86(117)109(54-78(113)108(53-75(87)110)36-18-33-89-98-88)35-13-12-34-101(7)76(111)23-16-45-118-65-21-14-19-59(47-65)79-90-67-29-25-61(49-71(67)94-79)81-92-69-31-27-63(51-73(69)96-81)106-41-37-99(5)38-42-106/h14-15,19-22,25-32,47-52,55-58H,12-13,16-18,23-24,33-46,53-54H2,1-11H3,(H2,87,110)(H,90,94)(H,91,95)(H,92,96)(H,93,97)/t55-,56-,57-,58-/m0/s1. The maximum absolute atomic E-state index is 14.6. The number of carbonyl (C=O) groups excluding carboxylic acids is 8. The van der Waals surface area contributed by atoms with Gasteiger partial charge in [0.2, 0.25) is 47.3 Å². The molecule has 0 radical (unpaired) electrons. The first-order valence-electron chi connectivity index (χ1n) is 40.7. The number of hydrogen-bond donors (Lipinski definition) is 5. The summed E-state index contributed by atoms with van der Waals surface area (Å²) in [5, 5.41) is 3.53. The van der Waals surface area contributed by atoms with Gasteiger partial charge in [0.25, 0.3) is 0 Å². The quantitative estimate of drug-likeness (QED) is 0.0105. The third-order valence-corrected chi connectivity index (χ3v) is 22.9. The van der Waals surface area contributed by atoms with Crippen LogP contribution >= 0.6 is 0 Å². The molecule has 2 saturated heterocycles. The van der Waals surface area contributed by atoms with E-state index >= 15 is 0 Å². The number of rotatable bonds is 37. The Bertz CT molecular complexity index is 5340. The van der Waals surface area contributed by atoms with Crippen molar-refractivity contribution in [3.8, 4) is 57.1 Å². The maximum Gasteiger partial charge on any atom is 0.245 e. The number of nitrogens with one attached hydrogen (secondary N) is 4. The SMILES string of the molecule is C[C@@H](C(=O)N(C)[C@@H](C)C(=O)N(C)[C@@H](C)C(=O)N(C)[C@@H](C)C(=O)N(CCCCN(C)C(=O)CCCOc1cccc(-c2nc3ccc(-c4nc5cc(N6CCN(C)CC6)ccc5[nH]4)cc3[nH]2)c1)CC(=O)N(CCCN=[N+]=[N-])CC(N)=O)N(C)C(=O)CCCOc1cccc(-c2nc3ccc(-c4nc5cc(N6CCN(C)CC6)ccc5[nH]4)cc3[nH]2)c1. The zero-order chi connectivity index (χ0) is 84.7. The number of benzene rings is 6. The predicted octanol–water partition coefficient (Wildman–Crippen LogP) is 8.85. The highest BCUT2D eigenvalue weighted by Gasteiger charge is 2.37. The lowest BCUT2D eigenvalue weighted by atomic mass is 10.1. The number of piperazine rings is 2. The van der Waals surface area contributed by atoms with Crippen LogP contribution in [0, 0.1) is 0 Å². The minimum Gasteiger partial charge on any atom is -0.494 e. The average molecular weight is 1620 g/mol. The van der Waals surface area contributed by atoms with Crippen molar-refractivity contribution in [3.63, 3.8) is 0 Å². The van der Waals surface area contributed by atoms with E-state index in [1.807, 2.05) is 84.9 Å². The molecule has 33 nitrogen and oxygen atoms in total. The number of carbonyl (C=O) groups is 8. The molecule has 0 unspecified atom stereocenters. The number of nitrogens with two attached hydrogens (primary N) is 1. The number of primary amides is 1. The van der Waals surface area contributed by atoms with Gasteiger partial charge in [-0.2, -0.15) is 0 Å². The summed E-state index contributed by atoms with van der Waals surface area (Å²) < 4.78 is 12.3. The van der Waals surface area contributed by atoms with Gasteiger partial charge in [-0.3, -0.25) is 38.4 Å². The average Bonchev–Trinajstić information content (AvgIpc) is 1.65. The number of aromatic amines is 4. The van der Waals surface area contributed by atoms with Gasteiger partial charge in [-0.15, -0.1) is 0 Å². The highest BCUT2D eigenvalue weighted by Crippen LogP contribution is 2.33. The van der Waals surface area contributed by atoms with E-state index in [9.17, 15) is 38.4 Å². The topological polar surface area (TPSA) is 380 Å². The van der Waals surface area contributed by atoms with E-state index in [4.69, 9.17) is 40.7 Å². The Labute approximate surface area is 691 Å². The van der Waals surface area contributed by atoms with E-state index in [1.54, 1.807) is 18.9 Å². The number of aromatic nitrogens is 8. The van der Waals surface area contributed by atoms with E-state index in [-0.39, 0.29) is 63.9 Å². The fourth-order valence-electron chi connectivity index (χ4n) is 14.8. The number of imidazole rings is 4. The predicted molar refractivity (Wildman–Crippen MR) is 459 cm³/mol. The molecule has 4 aromatic heterocycles. The molecule has 0 aliphatic carbocycles. The smallest absolute Gasteiger partial charge is 0.245 e. The third kappa shape index (κ3) is 21.2. The molecule has 33 heteroatoms. The van der Waals surface area contributed by atoms with Gasteiger partial charge in [-0.25, -0.2) is 19.9 Å². The third-order valence-electron chi connectivity index (χ3n) is 22.9. The van der Waals surface area contributed by atoms with Crippen LogP contribution in [0.15, 0.2) is 126 Å². The van der Waals surface area contributed by atoms with Crippen LogP contribution in [-0.2, 0) is 38.4 Å².